The van der Waals surface area contributed by atoms with Crippen LogP contribution in [0.3, 0.4) is 0 Å². The van der Waals surface area contributed by atoms with E-state index in [9.17, 15) is 4.79 Å². The molecule has 0 amide bonds. The Hall–Kier alpha value is -3.66. The topological polar surface area (TPSA) is 44.1 Å². The normalized spacial score (nSPS) is 10.6. The van der Waals surface area contributed by atoms with Gasteiger partial charge in [-0.25, -0.2) is 9.78 Å². The first-order valence-corrected chi connectivity index (χ1v) is 9.11. The van der Waals surface area contributed by atoms with Gasteiger partial charge in [-0.15, -0.1) is 0 Å². The van der Waals surface area contributed by atoms with Crippen LogP contribution < -0.4 is 4.74 Å². The van der Waals surface area contributed by atoms with Crippen LogP contribution in [0.5, 0.6) is 5.88 Å². The molecule has 1 heterocycles. The minimum Gasteiger partial charge on any atom is -0.404 e. The van der Waals surface area contributed by atoms with Crippen LogP contribution in [0.15, 0.2) is 85.1 Å². The minimum atomic E-state index is -0.398. The van der Waals surface area contributed by atoms with Gasteiger partial charge in [0.2, 0.25) is 5.88 Å². The van der Waals surface area contributed by atoms with Gasteiger partial charge in [0.1, 0.15) is 5.82 Å². The molecule has 4 rings (SSSR count). The third-order valence-electron chi connectivity index (χ3n) is 4.62. The van der Waals surface area contributed by atoms with Crippen molar-refractivity contribution in [2.24, 2.45) is 0 Å². The van der Waals surface area contributed by atoms with Crippen LogP contribution in [-0.4, -0.2) is 15.5 Å². The van der Waals surface area contributed by atoms with Crippen molar-refractivity contribution in [1.29, 1.82) is 0 Å². The van der Waals surface area contributed by atoms with Crippen molar-refractivity contribution >= 4 is 5.97 Å². The smallest absolute Gasteiger partial charge is 0.345 e. The first-order chi connectivity index (χ1) is 13.6. The molecule has 0 fully saturated rings. The van der Waals surface area contributed by atoms with Crippen molar-refractivity contribution < 1.29 is 9.53 Å². The lowest BCUT2D eigenvalue weighted by atomic mass is 10.1. The molecule has 0 radical (unpaired) electrons. The van der Waals surface area contributed by atoms with E-state index in [0.717, 1.165) is 22.6 Å². The Kier molecular flexibility index (Phi) is 4.77. The summed E-state index contributed by atoms with van der Waals surface area (Å²) in [5.74, 6) is 0.708. The Morgan fingerprint density at radius 1 is 0.857 bits per heavy atom. The van der Waals surface area contributed by atoms with E-state index in [-0.39, 0.29) is 0 Å². The zero-order valence-electron chi connectivity index (χ0n) is 15.8. The summed E-state index contributed by atoms with van der Waals surface area (Å²) in [4.78, 5) is 17.3. The number of aryl methyl sites for hydroxylation is 2. The lowest BCUT2D eigenvalue weighted by Gasteiger charge is -2.13. The third-order valence-corrected chi connectivity index (χ3v) is 4.62. The van der Waals surface area contributed by atoms with Gasteiger partial charge in [-0.3, -0.25) is 4.57 Å². The van der Waals surface area contributed by atoms with Crippen molar-refractivity contribution in [1.82, 2.24) is 9.55 Å². The summed E-state index contributed by atoms with van der Waals surface area (Å²) >= 11 is 0. The number of aromatic nitrogens is 2. The second-order valence-electron chi connectivity index (χ2n) is 6.66. The lowest BCUT2D eigenvalue weighted by molar-refractivity contribution is 0.0724. The van der Waals surface area contributed by atoms with Crippen LogP contribution in [0.1, 0.15) is 21.5 Å². The molecular formula is C24H20N2O2. The molecular weight excluding hydrogens is 348 g/mol. The quantitative estimate of drug-likeness (QED) is 0.455. The van der Waals surface area contributed by atoms with Gasteiger partial charge in [-0.05, 0) is 37.6 Å². The molecule has 3 aromatic carbocycles. The van der Waals surface area contributed by atoms with Crippen molar-refractivity contribution in [3.05, 3.63) is 102 Å². The minimum absolute atomic E-state index is 0.384. The molecule has 0 saturated carbocycles. The number of rotatable bonds is 4. The van der Waals surface area contributed by atoms with Crippen LogP contribution in [0.2, 0.25) is 0 Å². The summed E-state index contributed by atoms with van der Waals surface area (Å²) in [6.07, 6.45) is 1.60. The van der Waals surface area contributed by atoms with Crippen molar-refractivity contribution in [2.45, 2.75) is 13.8 Å². The van der Waals surface area contributed by atoms with Gasteiger partial charge in [0.05, 0.1) is 17.4 Å². The van der Waals surface area contributed by atoms with Gasteiger partial charge in [-0.2, -0.15) is 0 Å². The number of benzene rings is 3. The largest absolute Gasteiger partial charge is 0.404 e. The summed E-state index contributed by atoms with van der Waals surface area (Å²) in [6.45, 7) is 3.94. The van der Waals surface area contributed by atoms with E-state index in [4.69, 9.17) is 4.74 Å². The third kappa shape index (κ3) is 3.45. The number of carbonyl (C=O) groups is 1. The highest BCUT2D eigenvalue weighted by atomic mass is 16.5. The van der Waals surface area contributed by atoms with Crippen LogP contribution in [0.4, 0.5) is 0 Å². The van der Waals surface area contributed by atoms with Crippen molar-refractivity contribution in [2.75, 3.05) is 0 Å². The Labute approximate surface area is 164 Å². The first kappa shape index (κ1) is 17.7. The van der Waals surface area contributed by atoms with E-state index in [2.05, 4.69) is 4.98 Å². The highest BCUT2D eigenvalue weighted by molar-refractivity contribution is 5.92. The number of hydrogen-bond acceptors (Lipinski definition) is 3. The fraction of sp³-hybridized carbons (Fsp3) is 0.0833. The molecule has 0 aliphatic rings. The maximum Gasteiger partial charge on any atom is 0.345 e. The van der Waals surface area contributed by atoms with Gasteiger partial charge in [0, 0.05) is 5.56 Å². The zero-order chi connectivity index (χ0) is 19.5. The molecule has 0 aliphatic heterocycles. The Bertz CT molecular complexity index is 1110. The van der Waals surface area contributed by atoms with Crippen LogP contribution in [0.25, 0.3) is 17.1 Å². The number of imidazole rings is 1. The maximum atomic E-state index is 12.7. The molecule has 4 heteroatoms. The molecule has 0 unspecified atom stereocenters. The van der Waals surface area contributed by atoms with E-state index in [1.165, 1.54) is 5.56 Å². The molecule has 0 saturated heterocycles. The summed E-state index contributed by atoms with van der Waals surface area (Å²) in [6, 6.07) is 25.3. The number of nitrogens with zero attached hydrogens (tertiary/aromatic N) is 2. The second-order valence-corrected chi connectivity index (χ2v) is 6.66. The van der Waals surface area contributed by atoms with Crippen molar-refractivity contribution in [3.63, 3.8) is 0 Å². The zero-order valence-corrected chi connectivity index (χ0v) is 15.8. The number of hydrogen-bond donors (Lipinski definition) is 0. The summed E-state index contributed by atoms with van der Waals surface area (Å²) in [5.41, 5.74) is 4.42. The van der Waals surface area contributed by atoms with E-state index in [0.29, 0.717) is 11.4 Å². The SMILES string of the molecule is Cc1ccc(-c2ncc(OC(=O)c3ccccc3C)n2-c2ccccc2)cc1. The Morgan fingerprint density at radius 2 is 1.54 bits per heavy atom. The predicted molar refractivity (Wildman–Crippen MR) is 110 cm³/mol. The van der Waals surface area contributed by atoms with E-state index >= 15 is 0 Å². The Morgan fingerprint density at radius 3 is 2.25 bits per heavy atom. The van der Waals surface area contributed by atoms with Gasteiger partial charge >= 0.3 is 5.97 Å². The number of ether oxygens (including phenoxy) is 1. The van der Waals surface area contributed by atoms with Gasteiger partial charge in [0.25, 0.3) is 0 Å². The van der Waals surface area contributed by atoms with E-state index in [1.54, 1.807) is 12.3 Å². The fourth-order valence-corrected chi connectivity index (χ4v) is 3.09. The predicted octanol–water partition coefficient (Wildman–Crippen LogP) is 5.38. The lowest BCUT2D eigenvalue weighted by Crippen LogP contribution is -2.13. The average Bonchev–Trinajstić information content (AvgIpc) is 3.13. The molecule has 4 aromatic rings. The summed E-state index contributed by atoms with van der Waals surface area (Å²) < 4.78 is 7.62. The van der Waals surface area contributed by atoms with Crippen molar-refractivity contribution in [3.8, 4) is 23.0 Å². The van der Waals surface area contributed by atoms with E-state index in [1.807, 2.05) is 91.2 Å². The molecule has 1 aromatic heterocycles. The first-order valence-electron chi connectivity index (χ1n) is 9.11. The van der Waals surface area contributed by atoms with Crippen LogP contribution in [0, 0.1) is 13.8 Å². The molecule has 0 aliphatic carbocycles. The molecule has 0 N–H and O–H groups in total. The number of para-hydroxylation sites is 1. The molecule has 0 bridgehead atoms. The second kappa shape index (κ2) is 7.53. The number of esters is 1. The van der Waals surface area contributed by atoms with Gasteiger partial charge in [0.15, 0.2) is 0 Å². The van der Waals surface area contributed by atoms with Crippen LogP contribution in [-0.2, 0) is 0 Å². The van der Waals surface area contributed by atoms with Gasteiger partial charge < -0.3 is 4.74 Å². The van der Waals surface area contributed by atoms with E-state index < -0.39 is 5.97 Å². The van der Waals surface area contributed by atoms with Crippen LogP contribution >= 0.6 is 0 Å². The van der Waals surface area contributed by atoms with Gasteiger partial charge in [-0.1, -0.05) is 66.2 Å². The molecule has 0 spiro atoms. The molecule has 4 nitrogen and oxygen atoms in total. The number of carbonyl (C=O) groups excluding carboxylic acids is 1. The summed E-state index contributed by atoms with van der Waals surface area (Å²) in [5, 5.41) is 0. The molecule has 28 heavy (non-hydrogen) atoms. The highest BCUT2D eigenvalue weighted by Crippen LogP contribution is 2.29. The molecule has 138 valence electrons. The monoisotopic (exact) mass is 368 g/mol. The maximum absolute atomic E-state index is 12.7. The fourth-order valence-electron chi connectivity index (χ4n) is 3.09. The average molecular weight is 368 g/mol. The standard InChI is InChI=1S/C24H20N2O2/c1-17-12-14-19(15-13-17)23-25-16-22(26(23)20-9-4-3-5-10-20)28-24(27)21-11-7-6-8-18(21)2/h3-16H,1-2H3. The highest BCUT2D eigenvalue weighted by Gasteiger charge is 2.19. The summed E-state index contributed by atoms with van der Waals surface area (Å²) in [7, 11) is 0. The molecule has 0 atom stereocenters. The Balaban J connectivity index is 1.79.